The monoisotopic (exact) mass is 452 g/mol. The summed E-state index contributed by atoms with van der Waals surface area (Å²) >= 11 is 3.36. The van der Waals surface area contributed by atoms with Gasteiger partial charge in [0.25, 0.3) is 0 Å². The van der Waals surface area contributed by atoms with Crippen molar-refractivity contribution in [2.24, 2.45) is 0 Å². The number of aromatic nitrogens is 4. The van der Waals surface area contributed by atoms with Crippen LogP contribution in [0.2, 0.25) is 0 Å². The fourth-order valence-corrected chi connectivity index (χ4v) is 2.99. The number of nitriles is 1. The van der Waals surface area contributed by atoms with Crippen molar-refractivity contribution < 1.29 is 14.3 Å². The van der Waals surface area contributed by atoms with Gasteiger partial charge in [0.2, 0.25) is 5.82 Å². The SMILES string of the molecule is N#CC(=CNc1cc2c(cc1C(=O)c1ccc(Br)cc1)OCCO2)c1nn[nH]n1. The van der Waals surface area contributed by atoms with E-state index in [4.69, 9.17) is 9.47 Å². The molecule has 2 aromatic carbocycles. The van der Waals surface area contributed by atoms with Gasteiger partial charge in [-0.3, -0.25) is 4.79 Å². The highest BCUT2D eigenvalue weighted by Crippen LogP contribution is 2.37. The van der Waals surface area contributed by atoms with Gasteiger partial charge in [-0.25, -0.2) is 0 Å². The van der Waals surface area contributed by atoms with E-state index < -0.39 is 0 Å². The number of carbonyl (C=O) groups excluding carboxylic acids is 1. The average molecular weight is 453 g/mol. The molecular formula is C19H13BrN6O3. The Bertz CT molecular complexity index is 1120. The van der Waals surface area contributed by atoms with Crippen LogP contribution in [-0.4, -0.2) is 39.6 Å². The molecule has 0 fully saturated rings. The number of benzene rings is 2. The predicted octanol–water partition coefficient (Wildman–Crippen LogP) is 2.94. The number of fused-ring (bicyclic) bond motifs is 1. The quantitative estimate of drug-likeness (QED) is 0.446. The van der Waals surface area contributed by atoms with Crippen LogP contribution in [0, 0.1) is 11.3 Å². The zero-order valence-electron chi connectivity index (χ0n) is 14.8. The Kier molecular flexibility index (Phi) is 5.22. The van der Waals surface area contributed by atoms with Crippen molar-refractivity contribution in [2.45, 2.75) is 0 Å². The summed E-state index contributed by atoms with van der Waals surface area (Å²) in [6.07, 6.45) is 1.41. The molecule has 144 valence electrons. The number of hydrogen-bond acceptors (Lipinski definition) is 8. The van der Waals surface area contributed by atoms with Crippen molar-refractivity contribution in [2.75, 3.05) is 18.5 Å². The summed E-state index contributed by atoms with van der Waals surface area (Å²) < 4.78 is 12.1. The second-order valence-electron chi connectivity index (χ2n) is 5.93. The molecule has 1 aliphatic rings. The summed E-state index contributed by atoms with van der Waals surface area (Å²) in [6.45, 7) is 0.816. The topological polar surface area (TPSA) is 126 Å². The molecule has 1 aliphatic heterocycles. The number of tetrazole rings is 1. The molecule has 9 nitrogen and oxygen atoms in total. The molecule has 29 heavy (non-hydrogen) atoms. The second-order valence-corrected chi connectivity index (χ2v) is 6.84. The lowest BCUT2D eigenvalue weighted by molar-refractivity contribution is 0.103. The summed E-state index contributed by atoms with van der Waals surface area (Å²) in [4.78, 5) is 13.1. The molecule has 10 heteroatoms. The van der Waals surface area contributed by atoms with Crippen LogP contribution in [-0.2, 0) is 0 Å². The Hall–Kier alpha value is -3.71. The minimum atomic E-state index is -0.205. The number of ether oxygens (including phenoxy) is 2. The van der Waals surface area contributed by atoms with Crippen LogP contribution in [0.4, 0.5) is 5.69 Å². The first kappa shape index (κ1) is 18.6. The van der Waals surface area contributed by atoms with E-state index in [1.54, 1.807) is 36.4 Å². The Labute approximate surface area is 173 Å². The normalized spacial score (nSPS) is 12.9. The van der Waals surface area contributed by atoms with Gasteiger partial charge in [0.05, 0.1) is 5.69 Å². The van der Waals surface area contributed by atoms with Crippen LogP contribution < -0.4 is 14.8 Å². The van der Waals surface area contributed by atoms with Crippen LogP contribution >= 0.6 is 15.9 Å². The number of aromatic amines is 1. The highest BCUT2D eigenvalue weighted by atomic mass is 79.9. The van der Waals surface area contributed by atoms with Gasteiger partial charge in [0.15, 0.2) is 17.3 Å². The third-order valence-corrected chi connectivity index (χ3v) is 4.64. The van der Waals surface area contributed by atoms with E-state index in [1.165, 1.54) is 6.20 Å². The maximum absolute atomic E-state index is 13.1. The fourth-order valence-electron chi connectivity index (χ4n) is 2.73. The van der Waals surface area contributed by atoms with Gasteiger partial charge >= 0.3 is 0 Å². The van der Waals surface area contributed by atoms with E-state index in [-0.39, 0.29) is 17.2 Å². The Morgan fingerprint density at radius 3 is 2.59 bits per heavy atom. The Morgan fingerprint density at radius 1 is 1.21 bits per heavy atom. The molecule has 4 rings (SSSR count). The van der Waals surface area contributed by atoms with Crippen LogP contribution in [0.1, 0.15) is 21.7 Å². The highest BCUT2D eigenvalue weighted by molar-refractivity contribution is 9.10. The first-order chi connectivity index (χ1) is 14.2. The van der Waals surface area contributed by atoms with E-state index in [1.807, 2.05) is 6.07 Å². The summed E-state index contributed by atoms with van der Waals surface area (Å²) in [5, 5.41) is 25.7. The maximum Gasteiger partial charge on any atom is 0.216 e. The molecule has 2 N–H and O–H groups in total. The smallest absolute Gasteiger partial charge is 0.216 e. The van der Waals surface area contributed by atoms with Crippen LogP contribution in [0.15, 0.2) is 47.1 Å². The Morgan fingerprint density at radius 2 is 1.93 bits per heavy atom. The average Bonchev–Trinajstić information content (AvgIpc) is 3.28. The minimum absolute atomic E-state index is 0.137. The minimum Gasteiger partial charge on any atom is -0.486 e. The molecule has 0 aliphatic carbocycles. The van der Waals surface area contributed by atoms with E-state index in [0.29, 0.717) is 41.5 Å². The molecule has 0 unspecified atom stereocenters. The maximum atomic E-state index is 13.1. The number of nitrogens with zero attached hydrogens (tertiary/aromatic N) is 4. The summed E-state index contributed by atoms with van der Waals surface area (Å²) in [5.74, 6) is 0.935. The van der Waals surface area contributed by atoms with Gasteiger partial charge in [0.1, 0.15) is 24.9 Å². The standard InChI is InChI=1S/C19H13BrN6O3/c20-13-3-1-11(2-4-13)18(27)14-7-16-17(29-6-5-28-16)8-15(14)22-10-12(9-21)19-23-25-26-24-19/h1-4,7-8,10,22H,5-6H2,(H,23,24,25,26). The van der Waals surface area contributed by atoms with Crippen molar-refractivity contribution in [3.05, 3.63) is 64.0 Å². The highest BCUT2D eigenvalue weighted by Gasteiger charge is 2.21. The number of anilines is 1. The number of H-pyrrole nitrogens is 1. The van der Waals surface area contributed by atoms with Crippen molar-refractivity contribution >= 4 is 33.0 Å². The van der Waals surface area contributed by atoms with E-state index in [0.717, 1.165) is 4.47 Å². The summed E-state index contributed by atoms with van der Waals surface area (Å²) in [5.41, 5.74) is 1.49. The molecule has 0 radical (unpaired) electrons. The summed E-state index contributed by atoms with van der Waals surface area (Å²) in [7, 11) is 0. The van der Waals surface area contributed by atoms with Gasteiger partial charge < -0.3 is 14.8 Å². The van der Waals surface area contributed by atoms with Crippen LogP contribution in [0.5, 0.6) is 11.5 Å². The number of rotatable bonds is 5. The zero-order valence-corrected chi connectivity index (χ0v) is 16.4. The molecule has 1 aromatic heterocycles. The number of nitrogens with one attached hydrogen (secondary N) is 2. The third-order valence-electron chi connectivity index (χ3n) is 4.11. The van der Waals surface area contributed by atoms with E-state index in [9.17, 15) is 10.1 Å². The molecular weight excluding hydrogens is 440 g/mol. The zero-order chi connectivity index (χ0) is 20.2. The van der Waals surface area contributed by atoms with Crippen molar-refractivity contribution in [3.63, 3.8) is 0 Å². The third kappa shape index (κ3) is 3.95. The Balaban J connectivity index is 1.74. The van der Waals surface area contributed by atoms with E-state index >= 15 is 0 Å². The first-order valence-corrected chi connectivity index (χ1v) is 9.29. The molecule has 3 aromatic rings. The number of hydrogen-bond donors (Lipinski definition) is 2. The van der Waals surface area contributed by atoms with Crippen molar-refractivity contribution in [1.29, 1.82) is 5.26 Å². The van der Waals surface area contributed by atoms with Gasteiger partial charge in [-0.05, 0) is 35.5 Å². The molecule has 0 saturated heterocycles. The molecule has 0 atom stereocenters. The summed E-state index contributed by atoms with van der Waals surface area (Å²) in [6, 6.07) is 12.3. The van der Waals surface area contributed by atoms with Gasteiger partial charge in [-0.1, -0.05) is 15.9 Å². The second kappa shape index (κ2) is 8.12. The molecule has 0 bridgehead atoms. The fraction of sp³-hybridized carbons (Fsp3) is 0.105. The van der Waals surface area contributed by atoms with Crippen LogP contribution in [0.25, 0.3) is 5.57 Å². The van der Waals surface area contributed by atoms with Crippen LogP contribution in [0.3, 0.4) is 0 Å². The lowest BCUT2D eigenvalue weighted by Crippen LogP contribution is -2.17. The van der Waals surface area contributed by atoms with E-state index in [2.05, 4.69) is 41.9 Å². The lowest BCUT2D eigenvalue weighted by atomic mass is 10.0. The lowest BCUT2D eigenvalue weighted by Gasteiger charge is -2.21. The predicted molar refractivity (Wildman–Crippen MR) is 106 cm³/mol. The largest absolute Gasteiger partial charge is 0.486 e. The number of carbonyl (C=O) groups is 1. The van der Waals surface area contributed by atoms with Crippen molar-refractivity contribution in [1.82, 2.24) is 20.6 Å². The van der Waals surface area contributed by atoms with Gasteiger partial charge in [-0.15, -0.1) is 10.2 Å². The molecule has 0 saturated carbocycles. The van der Waals surface area contributed by atoms with Gasteiger partial charge in [-0.2, -0.15) is 10.5 Å². The van der Waals surface area contributed by atoms with Gasteiger partial charge in [0, 0.05) is 27.9 Å². The number of ketones is 1. The van der Waals surface area contributed by atoms with Crippen molar-refractivity contribution in [3.8, 4) is 17.6 Å². The molecule has 0 amide bonds. The first-order valence-electron chi connectivity index (χ1n) is 8.50. The molecule has 2 heterocycles. The number of allylic oxidation sites excluding steroid dienone is 1. The number of halogens is 1. The molecule has 0 spiro atoms.